The predicted octanol–water partition coefficient (Wildman–Crippen LogP) is 2.28. The Morgan fingerprint density at radius 3 is 2.69 bits per heavy atom. The summed E-state index contributed by atoms with van der Waals surface area (Å²) in [7, 11) is 1.86. The average Bonchev–Trinajstić information content (AvgIpc) is 2.17. The molecule has 2 nitrogen and oxygen atoms in total. The van der Waals surface area contributed by atoms with E-state index in [1.807, 2.05) is 50.5 Å². The molecule has 1 N–H and O–H groups in total. The third kappa shape index (κ3) is 3.65. The Bertz CT molecular complexity index is 267. The number of hydrogen-bond acceptors (Lipinski definition) is 2. The molecule has 0 saturated carbocycles. The standard InChI is InChI=1S/C11H15NO/c1-10(8-12-2)13-9-11-6-4-3-5-7-11/h3-8,12H,9H2,1-2H3/b10-8+. The van der Waals surface area contributed by atoms with E-state index in [-0.39, 0.29) is 0 Å². The van der Waals surface area contributed by atoms with Crippen LogP contribution >= 0.6 is 0 Å². The monoisotopic (exact) mass is 177 g/mol. The van der Waals surface area contributed by atoms with Crippen LogP contribution in [0.5, 0.6) is 0 Å². The van der Waals surface area contributed by atoms with Crippen LogP contribution in [0.1, 0.15) is 12.5 Å². The minimum absolute atomic E-state index is 0.630. The van der Waals surface area contributed by atoms with Gasteiger partial charge < -0.3 is 10.1 Å². The molecule has 1 aromatic carbocycles. The van der Waals surface area contributed by atoms with Crippen molar-refractivity contribution in [1.82, 2.24) is 5.32 Å². The fourth-order valence-electron chi connectivity index (χ4n) is 1.02. The SMILES string of the molecule is CN/C=C(\C)OCc1ccccc1. The molecule has 1 rings (SSSR count). The van der Waals surface area contributed by atoms with Crippen molar-refractivity contribution in [2.45, 2.75) is 13.5 Å². The number of benzene rings is 1. The van der Waals surface area contributed by atoms with Crippen molar-refractivity contribution in [2.75, 3.05) is 7.05 Å². The van der Waals surface area contributed by atoms with Gasteiger partial charge >= 0.3 is 0 Å². The summed E-state index contributed by atoms with van der Waals surface area (Å²) >= 11 is 0. The van der Waals surface area contributed by atoms with Crippen molar-refractivity contribution < 1.29 is 4.74 Å². The molecule has 0 fully saturated rings. The molecule has 0 bridgehead atoms. The van der Waals surface area contributed by atoms with E-state index in [1.54, 1.807) is 0 Å². The molecule has 0 saturated heterocycles. The van der Waals surface area contributed by atoms with E-state index in [0.717, 1.165) is 5.76 Å². The first-order valence-electron chi connectivity index (χ1n) is 4.33. The number of nitrogens with one attached hydrogen (secondary N) is 1. The topological polar surface area (TPSA) is 21.3 Å². The van der Waals surface area contributed by atoms with E-state index in [9.17, 15) is 0 Å². The molecular formula is C11H15NO. The van der Waals surface area contributed by atoms with E-state index < -0.39 is 0 Å². The highest BCUT2D eigenvalue weighted by molar-refractivity contribution is 5.13. The summed E-state index contributed by atoms with van der Waals surface area (Å²) in [5.41, 5.74) is 1.19. The summed E-state index contributed by atoms with van der Waals surface area (Å²) < 4.78 is 5.47. The second-order valence-electron chi connectivity index (χ2n) is 2.82. The molecule has 0 radical (unpaired) electrons. The molecule has 0 heterocycles. The Kier molecular flexibility index (Phi) is 3.89. The maximum atomic E-state index is 5.47. The van der Waals surface area contributed by atoms with Gasteiger partial charge in [0.05, 0.1) is 0 Å². The zero-order valence-corrected chi connectivity index (χ0v) is 8.08. The third-order valence-corrected chi connectivity index (χ3v) is 1.66. The van der Waals surface area contributed by atoms with E-state index in [4.69, 9.17) is 4.74 Å². The molecule has 0 atom stereocenters. The molecule has 0 aliphatic carbocycles. The van der Waals surface area contributed by atoms with E-state index in [2.05, 4.69) is 5.32 Å². The van der Waals surface area contributed by atoms with Gasteiger partial charge in [0.25, 0.3) is 0 Å². The second-order valence-corrected chi connectivity index (χ2v) is 2.82. The lowest BCUT2D eigenvalue weighted by atomic mass is 10.2. The van der Waals surface area contributed by atoms with Gasteiger partial charge in [-0.1, -0.05) is 30.3 Å². The summed E-state index contributed by atoms with van der Waals surface area (Å²) in [4.78, 5) is 0. The van der Waals surface area contributed by atoms with Gasteiger partial charge in [-0.2, -0.15) is 0 Å². The van der Waals surface area contributed by atoms with E-state index >= 15 is 0 Å². The largest absolute Gasteiger partial charge is 0.492 e. The average molecular weight is 177 g/mol. The first-order valence-corrected chi connectivity index (χ1v) is 4.33. The van der Waals surface area contributed by atoms with E-state index in [0.29, 0.717) is 6.61 Å². The lowest BCUT2D eigenvalue weighted by Crippen LogP contribution is -1.97. The van der Waals surface area contributed by atoms with Gasteiger partial charge in [0, 0.05) is 13.2 Å². The van der Waals surface area contributed by atoms with Gasteiger partial charge in [0.15, 0.2) is 0 Å². The number of ether oxygens (including phenoxy) is 1. The quantitative estimate of drug-likeness (QED) is 0.712. The lowest BCUT2D eigenvalue weighted by Gasteiger charge is -2.05. The van der Waals surface area contributed by atoms with Crippen LogP contribution in [0, 0.1) is 0 Å². The van der Waals surface area contributed by atoms with Crippen LogP contribution in [0.15, 0.2) is 42.3 Å². The summed E-state index contributed by atoms with van der Waals surface area (Å²) in [6, 6.07) is 10.1. The normalized spacial score (nSPS) is 11.1. The van der Waals surface area contributed by atoms with Crippen molar-refractivity contribution in [3.8, 4) is 0 Å². The van der Waals surface area contributed by atoms with Crippen LogP contribution in [0.3, 0.4) is 0 Å². The van der Waals surface area contributed by atoms with Crippen LogP contribution in [-0.4, -0.2) is 7.05 Å². The van der Waals surface area contributed by atoms with Crippen molar-refractivity contribution in [1.29, 1.82) is 0 Å². The maximum Gasteiger partial charge on any atom is 0.113 e. The lowest BCUT2D eigenvalue weighted by molar-refractivity contribution is 0.199. The van der Waals surface area contributed by atoms with Crippen molar-refractivity contribution in [3.63, 3.8) is 0 Å². The minimum Gasteiger partial charge on any atom is -0.492 e. The van der Waals surface area contributed by atoms with Crippen LogP contribution in [-0.2, 0) is 11.3 Å². The van der Waals surface area contributed by atoms with Crippen LogP contribution < -0.4 is 5.32 Å². The molecule has 0 aromatic heterocycles. The first-order chi connectivity index (χ1) is 6.33. The van der Waals surface area contributed by atoms with Crippen molar-refractivity contribution in [2.24, 2.45) is 0 Å². The van der Waals surface area contributed by atoms with E-state index in [1.165, 1.54) is 5.56 Å². The highest BCUT2D eigenvalue weighted by Crippen LogP contribution is 2.04. The Balaban J connectivity index is 2.39. The fourth-order valence-corrected chi connectivity index (χ4v) is 1.02. The van der Waals surface area contributed by atoms with Gasteiger partial charge in [0.1, 0.15) is 12.4 Å². The molecule has 70 valence electrons. The Morgan fingerprint density at radius 2 is 2.08 bits per heavy atom. The summed E-state index contributed by atoms with van der Waals surface area (Å²) in [5, 5.41) is 2.92. The molecule has 0 unspecified atom stereocenters. The number of hydrogen-bond donors (Lipinski definition) is 1. The molecule has 13 heavy (non-hydrogen) atoms. The third-order valence-electron chi connectivity index (χ3n) is 1.66. The van der Waals surface area contributed by atoms with Crippen LogP contribution in [0.4, 0.5) is 0 Å². The van der Waals surface area contributed by atoms with Crippen LogP contribution in [0.2, 0.25) is 0 Å². The van der Waals surface area contributed by atoms with Crippen LogP contribution in [0.25, 0.3) is 0 Å². The number of allylic oxidation sites excluding steroid dienone is 1. The predicted molar refractivity (Wildman–Crippen MR) is 54.0 cm³/mol. The molecule has 2 heteroatoms. The molecule has 1 aromatic rings. The summed E-state index contributed by atoms with van der Waals surface area (Å²) in [6.07, 6.45) is 1.84. The minimum atomic E-state index is 0.630. The highest BCUT2D eigenvalue weighted by atomic mass is 16.5. The van der Waals surface area contributed by atoms with Gasteiger partial charge in [-0.05, 0) is 12.5 Å². The van der Waals surface area contributed by atoms with Gasteiger partial charge in [-0.15, -0.1) is 0 Å². The number of rotatable bonds is 4. The molecular weight excluding hydrogens is 162 g/mol. The Hall–Kier alpha value is -1.44. The maximum absolute atomic E-state index is 5.47. The highest BCUT2D eigenvalue weighted by Gasteiger charge is 1.91. The van der Waals surface area contributed by atoms with Crippen molar-refractivity contribution in [3.05, 3.63) is 47.9 Å². The molecule has 0 aliphatic rings. The van der Waals surface area contributed by atoms with Gasteiger partial charge in [0.2, 0.25) is 0 Å². The Labute approximate surface area is 79.2 Å². The Morgan fingerprint density at radius 1 is 1.38 bits per heavy atom. The van der Waals surface area contributed by atoms with Gasteiger partial charge in [-0.25, -0.2) is 0 Å². The van der Waals surface area contributed by atoms with Gasteiger partial charge in [-0.3, -0.25) is 0 Å². The second kappa shape index (κ2) is 5.25. The van der Waals surface area contributed by atoms with Crippen molar-refractivity contribution >= 4 is 0 Å². The summed E-state index contributed by atoms with van der Waals surface area (Å²) in [5.74, 6) is 0.895. The first kappa shape index (κ1) is 9.65. The zero-order chi connectivity index (χ0) is 9.52. The zero-order valence-electron chi connectivity index (χ0n) is 8.08. The summed E-state index contributed by atoms with van der Waals surface area (Å²) in [6.45, 7) is 2.56. The molecule has 0 amide bonds. The fraction of sp³-hybridized carbons (Fsp3) is 0.273. The molecule has 0 spiro atoms. The molecule has 0 aliphatic heterocycles. The smallest absolute Gasteiger partial charge is 0.113 e.